The molecule has 0 amide bonds. The van der Waals surface area contributed by atoms with E-state index in [9.17, 15) is 31.6 Å². The predicted octanol–water partition coefficient (Wildman–Crippen LogP) is 12.2. The zero-order valence-corrected chi connectivity index (χ0v) is 27.4. The summed E-state index contributed by atoms with van der Waals surface area (Å²) < 4.78 is 85.1. The molecule has 0 aliphatic rings. The molecule has 8 rings (SSSR count). The number of para-hydroxylation sites is 1. The van der Waals surface area contributed by atoms with Gasteiger partial charge in [-0.15, -0.1) is 0 Å². The van der Waals surface area contributed by atoms with Crippen molar-refractivity contribution in [2.45, 2.75) is 12.4 Å². The van der Waals surface area contributed by atoms with E-state index in [1.54, 1.807) is 24.3 Å². The van der Waals surface area contributed by atoms with E-state index in [2.05, 4.69) is 6.07 Å². The van der Waals surface area contributed by atoms with E-state index in [4.69, 9.17) is 9.97 Å². The molecule has 0 spiro atoms. The first kappa shape index (κ1) is 33.4. The second-order valence-corrected chi connectivity index (χ2v) is 12.4. The van der Waals surface area contributed by atoms with Gasteiger partial charge in [-0.25, -0.2) is 9.97 Å². The van der Waals surface area contributed by atoms with E-state index in [1.807, 2.05) is 102 Å². The van der Waals surface area contributed by atoms with Crippen LogP contribution in [0.2, 0.25) is 0 Å². The van der Waals surface area contributed by atoms with Gasteiger partial charge < -0.3 is 4.57 Å². The van der Waals surface area contributed by atoms with Gasteiger partial charge in [-0.3, -0.25) is 0 Å². The van der Waals surface area contributed by atoms with Crippen molar-refractivity contribution in [2.24, 2.45) is 0 Å². The van der Waals surface area contributed by atoms with Crippen molar-refractivity contribution in [3.8, 4) is 56.8 Å². The molecule has 0 aliphatic carbocycles. The summed E-state index contributed by atoms with van der Waals surface area (Å²) in [5.74, 6) is 0.453. The number of fused-ring (bicyclic) bond motifs is 3. The molecule has 0 saturated heterocycles. The molecule has 2 aromatic heterocycles. The summed E-state index contributed by atoms with van der Waals surface area (Å²) in [5.41, 5.74) is 2.37. The maximum Gasteiger partial charge on any atom is 0.417 e. The number of alkyl halides is 6. The first-order valence-electron chi connectivity index (χ1n) is 16.4. The van der Waals surface area contributed by atoms with E-state index < -0.39 is 23.5 Å². The molecule has 0 bridgehead atoms. The maximum absolute atomic E-state index is 14.3. The van der Waals surface area contributed by atoms with Gasteiger partial charge in [-0.05, 0) is 59.7 Å². The summed E-state index contributed by atoms with van der Waals surface area (Å²) in [5, 5.41) is 11.8. The number of rotatable bonds is 5. The Kier molecular flexibility index (Phi) is 8.07. The third kappa shape index (κ3) is 6.16. The van der Waals surface area contributed by atoms with E-state index in [0.29, 0.717) is 45.6 Å². The van der Waals surface area contributed by atoms with E-state index in [1.165, 1.54) is 6.07 Å². The number of nitrogens with zero attached hydrogens (tertiary/aromatic N) is 4. The van der Waals surface area contributed by atoms with Crippen molar-refractivity contribution in [2.75, 3.05) is 0 Å². The third-order valence-corrected chi connectivity index (χ3v) is 9.12. The molecule has 0 saturated carbocycles. The second-order valence-electron chi connectivity index (χ2n) is 12.4. The Morgan fingerprint density at radius 1 is 0.509 bits per heavy atom. The third-order valence-electron chi connectivity index (χ3n) is 9.12. The summed E-state index contributed by atoms with van der Waals surface area (Å²) in [4.78, 5) is 9.76. The average Bonchev–Trinajstić information content (AvgIpc) is 3.51. The van der Waals surface area contributed by atoms with Gasteiger partial charge in [0, 0.05) is 33.2 Å². The van der Waals surface area contributed by atoms with Crippen LogP contribution in [-0.4, -0.2) is 14.5 Å². The molecule has 0 unspecified atom stereocenters. The lowest BCUT2D eigenvalue weighted by atomic mass is 9.96. The number of halogens is 6. The fraction of sp³-hybridized carbons (Fsp3) is 0.0465. The summed E-state index contributed by atoms with van der Waals surface area (Å²) in [6.45, 7) is 0. The van der Waals surface area contributed by atoms with Crippen molar-refractivity contribution < 1.29 is 26.3 Å². The molecule has 4 nitrogen and oxygen atoms in total. The van der Waals surface area contributed by atoms with Crippen molar-refractivity contribution in [1.82, 2.24) is 14.5 Å². The normalized spacial score (nSPS) is 11.9. The molecule has 0 fully saturated rings. The van der Waals surface area contributed by atoms with E-state index >= 15 is 0 Å². The minimum Gasteiger partial charge on any atom is -0.309 e. The van der Waals surface area contributed by atoms with Crippen LogP contribution in [0.1, 0.15) is 16.7 Å². The van der Waals surface area contributed by atoms with Crippen LogP contribution >= 0.6 is 0 Å². The molecule has 6 aromatic carbocycles. The largest absolute Gasteiger partial charge is 0.417 e. The van der Waals surface area contributed by atoms with Gasteiger partial charge in [0.15, 0.2) is 5.82 Å². The van der Waals surface area contributed by atoms with Crippen molar-refractivity contribution in [3.63, 3.8) is 0 Å². The SMILES string of the molecule is N#Cc1ccc(-n2c3ccccc3c3ccc(-c4ccc(C(F)(F)F)cc4C(F)(F)F)cc32)cc1-c1cc(-c2ccccc2)nc(-c2ccccc2)n1. The molecule has 0 atom stereocenters. The Morgan fingerprint density at radius 3 is 1.87 bits per heavy atom. The van der Waals surface area contributed by atoms with Crippen molar-refractivity contribution in [1.29, 1.82) is 5.26 Å². The standard InChI is InChI=1S/C43H24F6N4/c44-42(45,46)30-17-20-32(36(22-30)43(47,48)49)28-16-19-34-33-13-7-8-14-39(33)53(40(34)21-28)31-18-15-29(25-50)35(23-31)38-24-37(26-9-3-1-4-10-26)51-41(52-38)27-11-5-2-6-12-27/h1-24H. The van der Waals surface area contributed by atoms with Gasteiger partial charge in [0.25, 0.3) is 0 Å². The van der Waals surface area contributed by atoms with Crippen LogP contribution in [-0.2, 0) is 12.4 Å². The lowest BCUT2D eigenvalue weighted by Crippen LogP contribution is -2.12. The second kappa shape index (κ2) is 12.8. The number of nitriles is 1. The zero-order chi connectivity index (χ0) is 36.9. The highest BCUT2D eigenvalue weighted by atomic mass is 19.4. The van der Waals surface area contributed by atoms with Crippen LogP contribution in [0.3, 0.4) is 0 Å². The monoisotopic (exact) mass is 710 g/mol. The Bertz CT molecular complexity index is 2650. The molecule has 2 heterocycles. The number of benzene rings is 6. The summed E-state index contributed by atoms with van der Waals surface area (Å²) in [7, 11) is 0. The van der Waals surface area contributed by atoms with Crippen molar-refractivity contribution >= 4 is 21.8 Å². The highest BCUT2D eigenvalue weighted by Crippen LogP contribution is 2.43. The first-order valence-corrected chi connectivity index (χ1v) is 16.4. The number of aromatic nitrogens is 3. The summed E-state index contributed by atoms with van der Waals surface area (Å²) in [6, 6.07) is 42.1. The minimum absolute atomic E-state index is 0.0901. The lowest BCUT2D eigenvalue weighted by molar-refractivity contribution is -0.142. The molecule has 0 aliphatic heterocycles. The Morgan fingerprint density at radius 2 is 1.17 bits per heavy atom. The molecule has 0 N–H and O–H groups in total. The minimum atomic E-state index is -5.05. The summed E-state index contributed by atoms with van der Waals surface area (Å²) >= 11 is 0. The van der Waals surface area contributed by atoms with Gasteiger partial charge in [-0.2, -0.15) is 31.6 Å². The van der Waals surface area contributed by atoms with Gasteiger partial charge in [0.2, 0.25) is 0 Å². The predicted molar refractivity (Wildman–Crippen MR) is 193 cm³/mol. The van der Waals surface area contributed by atoms with Gasteiger partial charge >= 0.3 is 12.4 Å². The van der Waals surface area contributed by atoms with Crippen molar-refractivity contribution in [3.05, 3.63) is 162 Å². The first-order chi connectivity index (χ1) is 25.5. The molecule has 8 aromatic rings. The highest BCUT2D eigenvalue weighted by Gasteiger charge is 2.38. The average molecular weight is 711 g/mol. The van der Waals surface area contributed by atoms with Crippen LogP contribution < -0.4 is 0 Å². The molecule has 53 heavy (non-hydrogen) atoms. The molecule has 0 radical (unpaired) electrons. The van der Waals surface area contributed by atoms with Crippen LogP contribution in [0.25, 0.3) is 72.5 Å². The van der Waals surface area contributed by atoms with E-state index in [0.717, 1.165) is 33.5 Å². The van der Waals surface area contributed by atoms with Gasteiger partial charge in [0.05, 0.1) is 45.2 Å². The lowest BCUT2D eigenvalue weighted by Gasteiger charge is -2.17. The number of hydrogen-bond acceptors (Lipinski definition) is 3. The van der Waals surface area contributed by atoms with Crippen LogP contribution in [0.15, 0.2) is 146 Å². The molecule has 258 valence electrons. The molecule has 10 heteroatoms. The highest BCUT2D eigenvalue weighted by molar-refractivity contribution is 6.10. The van der Waals surface area contributed by atoms with Gasteiger partial charge in [-0.1, -0.05) is 97.1 Å². The van der Waals surface area contributed by atoms with E-state index in [-0.39, 0.29) is 17.2 Å². The summed E-state index contributed by atoms with van der Waals surface area (Å²) in [6.07, 6.45) is -10.00. The Hall–Kier alpha value is -6.73. The fourth-order valence-electron chi connectivity index (χ4n) is 6.66. The van der Waals surface area contributed by atoms with Crippen LogP contribution in [0, 0.1) is 11.3 Å². The number of hydrogen-bond donors (Lipinski definition) is 0. The molecular weight excluding hydrogens is 686 g/mol. The van der Waals surface area contributed by atoms with Gasteiger partial charge in [0.1, 0.15) is 0 Å². The Labute approximate surface area is 298 Å². The quantitative estimate of drug-likeness (QED) is 0.167. The smallest absolute Gasteiger partial charge is 0.309 e. The maximum atomic E-state index is 14.3. The Balaban J connectivity index is 1.36. The molecular formula is C43H24F6N4. The van der Waals surface area contributed by atoms with Crippen LogP contribution in [0.4, 0.5) is 26.3 Å². The topological polar surface area (TPSA) is 54.5 Å². The zero-order valence-electron chi connectivity index (χ0n) is 27.4. The fourth-order valence-corrected chi connectivity index (χ4v) is 6.66. The van der Waals surface area contributed by atoms with Crippen LogP contribution in [0.5, 0.6) is 0 Å².